The van der Waals surface area contributed by atoms with E-state index in [9.17, 15) is 21.6 Å². The van der Waals surface area contributed by atoms with Crippen LogP contribution in [0.25, 0.3) is 0 Å². The van der Waals surface area contributed by atoms with Crippen LogP contribution in [0.1, 0.15) is 36.6 Å². The smallest absolute Gasteiger partial charge is 0.490 e. The molecule has 2 aromatic rings. The molecule has 9 nitrogen and oxygen atoms in total. The fourth-order valence-corrected chi connectivity index (χ4v) is 4.10. The molecule has 3 rings (SSSR count). The Hall–Kier alpha value is -2.93. The van der Waals surface area contributed by atoms with Gasteiger partial charge in [-0.25, -0.2) is 27.9 Å². The first-order chi connectivity index (χ1) is 14.9. The highest BCUT2D eigenvalue weighted by Crippen LogP contribution is 2.25. The van der Waals surface area contributed by atoms with E-state index in [0.29, 0.717) is 11.3 Å². The number of nitrogens with one attached hydrogen (secondary N) is 2. The van der Waals surface area contributed by atoms with Crippen molar-refractivity contribution in [2.24, 2.45) is 0 Å². The predicted octanol–water partition coefficient (Wildman–Crippen LogP) is 3.04. The molecular weight excluding hydrogens is 453 g/mol. The number of piperidine rings is 1. The van der Waals surface area contributed by atoms with Crippen LogP contribution >= 0.6 is 0 Å². The number of carboxylic acid groups (broad SMARTS) is 1. The van der Waals surface area contributed by atoms with Gasteiger partial charge in [-0.1, -0.05) is 12.5 Å². The quantitative estimate of drug-likeness (QED) is 0.600. The lowest BCUT2D eigenvalue weighted by molar-refractivity contribution is -0.192. The Bertz CT molecular complexity index is 1040. The molecule has 13 heteroatoms. The number of hydrogen-bond donors (Lipinski definition) is 3. The zero-order valence-corrected chi connectivity index (χ0v) is 18.1. The van der Waals surface area contributed by atoms with Gasteiger partial charge in [0.25, 0.3) is 10.0 Å². The Balaban J connectivity index is 0.000000451. The standard InChI is InChI=1S/C17H22N4O3S.C2HF3O2/c1-12-6-7-13(24-2)11-16(12)25(22,23)21-17-19-10-8-15(20-17)14-5-3-4-9-18-14;3-2(4,5)1(6)7/h6-8,10-11,14,18H,3-5,9H2,1-2H3,(H,19,20,21);(H,6,7). The van der Waals surface area contributed by atoms with Gasteiger partial charge in [-0.05, 0) is 44.0 Å². The molecule has 1 atom stereocenters. The van der Waals surface area contributed by atoms with Crippen LogP contribution in [0.2, 0.25) is 0 Å². The zero-order chi connectivity index (χ0) is 23.9. The van der Waals surface area contributed by atoms with Crippen molar-refractivity contribution in [2.75, 3.05) is 18.4 Å². The predicted molar refractivity (Wildman–Crippen MR) is 109 cm³/mol. The fraction of sp³-hybridized carbons (Fsp3) is 0.421. The van der Waals surface area contributed by atoms with Crippen molar-refractivity contribution < 1.29 is 36.2 Å². The van der Waals surface area contributed by atoms with Gasteiger partial charge in [-0.3, -0.25) is 0 Å². The molecule has 3 N–H and O–H groups in total. The van der Waals surface area contributed by atoms with Crippen molar-refractivity contribution in [1.29, 1.82) is 0 Å². The highest BCUT2D eigenvalue weighted by molar-refractivity contribution is 7.92. The number of halogens is 3. The summed E-state index contributed by atoms with van der Waals surface area (Å²) >= 11 is 0. The van der Waals surface area contributed by atoms with Crippen molar-refractivity contribution in [3.05, 3.63) is 41.7 Å². The molecule has 0 bridgehead atoms. The number of anilines is 1. The first kappa shape index (κ1) is 25.3. The van der Waals surface area contributed by atoms with Gasteiger partial charge in [0.15, 0.2) is 0 Å². The summed E-state index contributed by atoms with van der Waals surface area (Å²) in [6.45, 7) is 2.68. The van der Waals surface area contributed by atoms with Gasteiger partial charge >= 0.3 is 12.1 Å². The Morgan fingerprint density at radius 3 is 2.53 bits per heavy atom. The molecule has 1 saturated heterocycles. The number of rotatable bonds is 5. The van der Waals surface area contributed by atoms with Crippen molar-refractivity contribution in [2.45, 2.75) is 43.3 Å². The second-order valence-corrected chi connectivity index (χ2v) is 8.50. The van der Waals surface area contributed by atoms with E-state index in [1.54, 1.807) is 25.3 Å². The third-order valence-corrected chi connectivity index (χ3v) is 5.97. The summed E-state index contributed by atoms with van der Waals surface area (Å²) < 4.78 is 64.8. The number of aromatic nitrogens is 2. The Morgan fingerprint density at radius 2 is 1.97 bits per heavy atom. The highest BCUT2D eigenvalue weighted by atomic mass is 32.2. The van der Waals surface area contributed by atoms with Crippen molar-refractivity contribution >= 4 is 21.9 Å². The van der Waals surface area contributed by atoms with Crippen LogP contribution < -0.4 is 14.8 Å². The van der Waals surface area contributed by atoms with Crippen LogP contribution in [0.5, 0.6) is 5.75 Å². The maximum Gasteiger partial charge on any atom is 0.490 e. The minimum atomic E-state index is -5.08. The van der Waals surface area contributed by atoms with E-state index in [0.717, 1.165) is 31.5 Å². The minimum Gasteiger partial charge on any atom is -0.497 e. The summed E-state index contributed by atoms with van der Waals surface area (Å²) in [6, 6.07) is 6.87. The maximum atomic E-state index is 12.7. The van der Waals surface area contributed by atoms with Gasteiger partial charge in [0.1, 0.15) is 5.75 Å². The molecule has 32 heavy (non-hydrogen) atoms. The Morgan fingerprint density at radius 1 is 1.28 bits per heavy atom. The second-order valence-electron chi connectivity index (χ2n) is 6.85. The number of carboxylic acids is 1. The number of nitrogens with zero attached hydrogens (tertiary/aromatic N) is 2. The molecule has 1 aromatic carbocycles. The number of aryl methyl sites for hydroxylation is 1. The first-order valence-electron chi connectivity index (χ1n) is 9.48. The van der Waals surface area contributed by atoms with Crippen LogP contribution in [0.15, 0.2) is 35.4 Å². The molecule has 1 aromatic heterocycles. The summed E-state index contributed by atoms with van der Waals surface area (Å²) in [7, 11) is -2.30. The monoisotopic (exact) mass is 476 g/mol. The average molecular weight is 476 g/mol. The lowest BCUT2D eigenvalue weighted by Gasteiger charge is -2.23. The van der Waals surface area contributed by atoms with E-state index >= 15 is 0 Å². The molecule has 1 aliphatic rings. The number of methoxy groups -OCH3 is 1. The number of alkyl halides is 3. The van der Waals surface area contributed by atoms with E-state index in [-0.39, 0.29) is 16.9 Å². The number of benzene rings is 1. The second kappa shape index (κ2) is 10.6. The lowest BCUT2D eigenvalue weighted by atomic mass is 10.0. The largest absolute Gasteiger partial charge is 0.497 e. The van der Waals surface area contributed by atoms with Gasteiger partial charge in [0, 0.05) is 18.3 Å². The van der Waals surface area contributed by atoms with Gasteiger partial charge in [0.2, 0.25) is 5.95 Å². The van der Waals surface area contributed by atoms with Gasteiger partial charge in [-0.15, -0.1) is 0 Å². The maximum absolute atomic E-state index is 12.7. The summed E-state index contributed by atoms with van der Waals surface area (Å²) in [6.07, 6.45) is -0.241. The lowest BCUT2D eigenvalue weighted by Crippen LogP contribution is -2.28. The molecule has 0 amide bonds. The Kier molecular flexibility index (Phi) is 8.38. The number of aliphatic carboxylic acids is 1. The van der Waals surface area contributed by atoms with Crippen molar-refractivity contribution in [3.8, 4) is 5.75 Å². The van der Waals surface area contributed by atoms with Crippen LogP contribution in [-0.2, 0) is 14.8 Å². The first-order valence-corrected chi connectivity index (χ1v) is 11.0. The van der Waals surface area contributed by atoms with Crippen LogP contribution in [0.3, 0.4) is 0 Å². The minimum absolute atomic E-state index is 0.0760. The van der Waals surface area contributed by atoms with E-state index in [4.69, 9.17) is 14.6 Å². The zero-order valence-electron chi connectivity index (χ0n) is 17.3. The third-order valence-electron chi connectivity index (χ3n) is 4.50. The van der Waals surface area contributed by atoms with E-state index in [1.807, 2.05) is 6.07 Å². The fourth-order valence-electron chi connectivity index (χ4n) is 2.89. The molecule has 1 unspecified atom stereocenters. The molecular formula is C19H23F3N4O5S. The molecule has 1 aliphatic heterocycles. The molecule has 0 spiro atoms. The molecule has 0 saturated carbocycles. The summed E-state index contributed by atoms with van der Waals surface area (Å²) in [5, 5.41) is 10.5. The van der Waals surface area contributed by atoms with Crippen LogP contribution in [-0.4, -0.2) is 49.3 Å². The van der Waals surface area contributed by atoms with E-state index in [2.05, 4.69) is 20.0 Å². The molecule has 2 heterocycles. The van der Waals surface area contributed by atoms with Crippen molar-refractivity contribution in [3.63, 3.8) is 0 Å². The average Bonchev–Trinajstić information content (AvgIpc) is 2.74. The summed E-state index contributed by atoms with van der Waals surface area (Å²) in [4.78, 5) is 17.5. The van der Waals surface area contributed by atoms with Crippen LogP contribution in [0.4, 0.5) is 19.1 Å². The third kappa shape index (κ3) is 7.05. The molecule has 0 radical (unpaired) electrons. The van der Waals surface area contributed by atoms with E-state index in [1.165, 1.54) is 13.2 Å². The Labute approximate surface area is 183 Å². The summed E-state index contributed by atoms with van der Waals surface area (Å²) in [5.74, 6) is -2.20. The van der Waals surface area contributed by atoms with Gasteiger partial charge in [-0.2, -0.15) is 13.2 Å². The number of carbonyl (C=O) groups is 1. The number of sulfonamides is 1. The highest BCUT2D eigenvalue weighted by Gasteiger charge is 2.38. The van der Waals surface area contributed by atoms with Gasteiger partial charge < -0.3 is 15.2 Å². The number of ether oxygens (including phenoxy) is 1. The van der Waals surface area contributed by atoms with E-state index < -0.39 is 22.2 Å². The van der Waals surface area contributed by atoms with Crippen LogP contribution in [0, 0.1) is 6.92 Å². The normalized spacial score (nSPS) is 16.5. The molecule has 1 fully saturated rings. The summed E-state index contributed by atoms with van der Waals surface area (Å²) in [5.41, 5.74) is 1.42. The topological polar surface area (TPSA) is 131 Å². The van der Waals surface area contributed by atoms with Crippen molar-refractivity contribution in [1.82, 2.24) is 15.3 Å². The van der Waals surface area contributed by atoms with Gasteiger partial charge in [0.05, 0.1) is 17.7 Å². The molecule has 0 aliphatic carbocycles. The molecule has 176 valence electrons. The SMILES string of the molecule is COc1ccc(C)c(S(=O)(=O)Nc2nccc(C3CCCCN3)n2)c1.O=C(O)C(F)(F)F. The number of hydrogen-bond acceptors (Lipinski definition) is 7.